The number of esters is 1. The summed E-state index contributed by atoms with van der Waals surface area (Å²) in [7, 11) is 1.34. The number of aromatic nitrogens is 3. The Labute approximate surface area is 109 Å². The van der Waals surface area contributed by atoms with Crippen LogP contribution in [0.25, 0.3) is 0 Å². The second-order valence-electron chi connectivity index (χ2n) is 3.59. The molecule has 0 aliphatic rings. The predicted molar refractivity (Wildman–Crippen MR) is 64.1 cm³/mol. The van der Waals surface area contributed by atoms with Gasteiger partial charge in [0.2, 0.25) is 6.54 Å². The Morgan fingerprint density at radius 3 is 2.78 bits per heavy atom. The third-order valence-corrected chi connectivity index (χ3v) is 2.55. The minimum absolute atomic E-state index is 0.400. The number of carbonyl (C=O) groups excluding carboxylic acids is 1. The summed E-state index contributed by atoms with van der Waals surface area (Å²) in [5.41, 5.74) is 1.39. The lowest BCUT2D eigenvalue weighted by Gasteiger charge is -1.98. The Bertz CT molecular complexity index is 540. The fraction of sp³-hybridized carbons (Fsp3) is 0.167. The van der Waals surface area contributed by atoms with Crippen LogP contribution in [0.15, 0.2) is 36.8 Å². The van der Waals surface area contributed by atoms with Gasteiger partial charge in [-0.05, 0) is 17.2 Å². The first-order valence-corrected chi connectivity index (χ1v) is 5.61. The summed E-state index contributed by atoms with van der Waals surface area (Å²) in [6, 6.07) is 5.25. The molecule has 0 amide bonds. The number of nitrogens with zero attached hydrogens (tertiary/aromatic N) is 3. The van der Waals surface area contributed by atoms with Crippen molar-refractivity contribution in [3.8, 4) is 0 Å². The van der Waals surface area contributed by atoms with Crippen LogP contribution in [0.2, 0.25) is 5.15 Å². The number of hydrogen-bond donors (Lipinski definition) is 0. The van der Waals surface area contributed by atoms with Gasteiger partial charge in [-0.25, -0.2) is 9.78 Å². The van der Waals surface area contributed by atoms with E-state index in [9.17, 15) is 4.79 Å². The van der Waals surface area contributed by atoms with E-state index in [2.05, 4.69) is 14.8 Å². The molecule has 92 valence electrons. The zero-order valence-electron chi connectivity index (χ0n) is 9.71. The van der Waals surface area contributed by atoms with Gasteiger partial charge in [-0.2, -0.15) is 0 Å². The van der Waals surface area contributed by atoms with E-state index in [1.165, 1.54) is 13.3 Å². The average Bonchev–Trinajstić information content (AvgIpc) is 2.41. The van der Waals surface area contributed by atoms with Gasteiger partial charge >= 0.3 is 5.97 Å². The minimum atomic E-state index is -0.400. The van der Waals surface area contributed by atoms with Gasteiger partial charge in [0.05, 0.1) is 12.7 Å². The highest BCUT2D eigenvalue weighted by molar-refractivity contribution is 6.29. The van der Waals surface area contributed by atoms with Gasteiger partial charge in [0.15, 0.2) is 6.20 Å². The van der Waals surface area contributed by atoms with Gasteiger partial charge in [-0.15, -0.1) is 0 Å². The number of halogens is 1. The Kier molecular flexibility index (Phi) is 3.84. The second-order valence-corrected chi connectivity index (χ2v) is 3.98. The number of rotatable bonds is 3. The summed E-state index contributed by atoms with van der Waals surface area (Å²) >= 11 is 5.70. The molecule has 0 N–H and O–H groups in total. The molecule has 2 aromatic heterocycles. The van der Waals surface area contributed by atoms with Gasteiger partial charge in [0.1, 0.15) is 11.3 Å². The van der Waals surface area contributed by atoms with E-state index in [0.717, 1.165) is 5.56 Å². The van der Waals surface area contributed by atoms with Gasteiger partial charge in [-0.3, -0.25) is 0 Å². The van der Waals surface area contributed by atoms with Crippen LogP contribution in [-0.2, 0) is 11.3 Å². The summed E-state index contributed by atoms with van der Waals surface area (Å²) in [5.74, 6) is -0.400. The number of hydrogen-bond acceptors (Lipinski definition) is 4. The Morgan fingerprint density at radius 1 is 1.39 bits per heavy atom. The number of methoxy groups -OCH3 is 1. The molecule has 18 heavy (non-hydrogen) atoms. The topological polar surface area (TPSA) is 56.0 Å². The van der Waals surface area contributed by atoms with E-state index < -0.39 is 5.97 Å². The molecule has 6 heteroatoms. The summed E-state index contributed by atoms with van der Waals surface area (Å²) < 4.78 is 6.29. The van der Waals surface area contributed by atoms with Crippen LogP contribution in [0, 0.1) is 0 Å². The molecule has 2 heterocycles. The van der Waals surface area contributed by atoms with Crippen molar-refractivity contribution < 1.29 is 14.2 Å². The van der Waals surface area contributed by atoms with Crippen molar-refractivity contribution in [3.05, 3.63) is 53.1 Å². The van der Waals surface area contributed by atoms with Gasteiger partial charge < -0.3 is 4.74 Å². The standard InChI is InChI=1S/C12H11ClN3O2/c1-18-12(17)10-4-5-16(15-7-10)8-9-2-3-11(13)14-6-9/h2-7H,8H2,1H3/q+1. The zero-order chi connectivity index (χ0) is 13.0. The second kappa shape index (κ2) is 5.55. The molecule has 2 rings (SSSR count). The van der Waals surface area contributed by atoms with Crippen LogP contribution in [0.3, 0.4) is 0 Å². The molecule has 2 aromatic rings. The molecule has 0 aromatic carbocycles. The number of carbonyl (C=O) groups is 1. The molecule has 0 radical (unpaired) electrons. The lowest BCUT2D eigenvalue weighted by molar-refractivity contribution is -0.746. The van der Waals surface area contributed by atoms with Crippen LogP contribution < -0.4 is 4.68 Å². The van der Waals surface area contributed by atoms with Crippen molar-refractivity contribution in [1.82, 2.24) is 10.1 Å². The van der Waals surface area contributed by atoms with E-state index in [0.29, 0.717) is 17.3 Å². The van der Waals surface area contributed by atoms with Crippen molar-refractivity contribution in [1.29, 1.82) is 0 Å². The molecular weight excluding hydrogens is 254 g/mol. The fourth-order valence-corrected chi connectivity index (χ4v) is 1.52. The first-order valence-electron chi connectivity index (χ1n) is 5.23. The summed E-state index contributed by atoms with van der Waals surface area (Å²) in [5, 5.41) is 4.58. The monoisotopic (exact) mass is 264 g/mol. The van der Waals surface area contributed by atoms with E-state index in [1.54, 1.807) is 29.2 Å². The van der Waals surface area contributed by atoms with E-state index in [-0.39, 0.29) is 0 Å². The molecular formula is C12H11ClN3O2+. The quantitative estimate of drug-likeness (QED) is 0.476. The highest BCUT2D eigenvalue weighted by Gasteiger charge is 2.10. The molecule has 0 unspecified atom stereocenters. The molecule has 0 fully saturated rings. The highest BCUT2D eigenvalue weighted by atomic mass is 35.5. The lowest BCUT2D eigenvalue weighted by atomic mass is 10.3. The maximum Gasteiger partial charge on any atom is 0.339 e. The van der Waals surface area contributed by atoms with Gasteiger partial charge in [0, 0.05) is 17.8 Å². The fourth-order valence-electron chi connectivity index (χ4n) is 1.40. The molecule has 0 spiro atoms. The van der Waals surface area contributed by atoms with E-state index in [4.69, 9.17) is 11.6 Å². The maximum absolute atomic E-state index is 11.2. The van der Waals surface area contributed by atoms with Gasteiger partial charge in [0.25, 0.3) is 0 Å². The van der Waals surface area contributed by atoms with E-state index >= 15 is 0 Å². The Morgan fingerprint density at radius 2 is 2.22 bits per heavy atom. The zero-order valence-corrected chi connectivity index (χ0v) is 10.5. The Balaban J connectivity index is 2.10. The van der Waals surface area contributed by atoms with Crippen LogP contribution in [0.1, 0.15) is 15.9 Å². The SMILES string of the molecule is COC(=O)c1cc[n+](Cc2ccc(Cl)nc2)nc1. The van der Waals surface area contributed by atoms with E-state index in [1.807, 2.05) is 6.07 Å². The first kappa shape index (κ1) is 12.4. The molecule has 0 saturated heterocycles. The highest BCUT2D eigenvalue weighted by Crippen LogP contribution is 2.04. The van der Waals surface area contributed by atoms with Crippen molar-refractivity contribution in [3.63, 3.8) is 0 Å². The summed E-state index contributed by atoms with van der Waals surface area (Å²) in [6.45, 7) is 0.561. The van der Waals surface area contributed by atoms with Crippen molar-refractivity contribution in [2.45, 2.75) is 6.54 Å². The van der Waals surface area contributed by atoms with Crippen molar-refractivity contribution in [2.24, 2.45) is 0 Å². The van der Waals surface area contributed by atoms with Crippen LogP contribution >= 0.6 is 11.6 Å². The average molecular weight is 265 g/mol. The maximum atomic E-state index is 11.2. The Hall–Kier alpha value is -2.01. The molecule has 0 saturated carbocycles. The van der Waals surface area contributed by atoms with Crippen molar-refractivity contribution in [2.75, 3.05) is 7.11 Å². The summed E-state index contributed by atoms with van der Waals surface area (Å²) in [4.78, 5) is 15.2. The number of ether oxygens (including phenoxy) is 1. The van der Waals surface area contributed by atoms with Crippen LogP contribution in [0.5, 0.6) is 0 Å². The normalized spacial score (nSPS) is 10.1. The smallest absolute Gasteiger partial charge is 0.339 e. The molecule has 5 nitrogen and oxygen atoms in total. The van der Waals surface area contributed by atoms with Crippen LogP contribution in [-0.4, -0.2) is 23.2 Å². The van der Waals surface area contributed by atoms with Crippen LogP contribution in [0.4, 0.5) is 0 Å². The minimum Gasteiger partial charge on any atom is -0.465 e. The molecule has 0 aliphatic heterocycles. The predicted octanol–water partition coefficient (Wildman–Crippen LogP) is 1.25. The lowest BCUT2D eigenvalue weighted by Crippen LogP contribution is -2.38. The number of pyridine rings is 1. The third kappa shape index (κ3) is 3.01. The van der Waals surface area contributed by atoms with Crippen molar-refractivity contribution >= 4 is 17.6 Å². The largest absolute Gasteiger partial charge is 0.465 e. The molecule has 0 bridgehead atoms. The molecule has 0 aliphatic carbocycles. The first-order chi connectivity index (χ1) is 8.69. The van der Waals surface area contributed by atoms with Gasteiger partial charge in [-0.1, -0.05) is 16.3 Å². The molecule has 0 atom stereocenters. The third-order valence-electron chi connectivity index (χ3n) is 2.33. The summed E-state index contributed by atoms with van der Waals surface area (Å²) in [6.07, 6.45) is 4.86.